The van der Waals surface area contributed by atoms with Crippen LogP contribution in [0, 0.1) is 0 Å². The summed E-state index contributed by atoms with van der Waals surface area (Å²) in [6.07, 6.45) is 2.04. The zero-order valence-corrected chi connectivity index (χ0v) is 12.5. The molecule has 110 valence electrons. The van der Waals surface area contributed by atoms with Gasteiger partial charge in [0.2, 0.25) is 5.91 Å². The smallest absolute Gasteiger partial charge is 0.239 e. The van der Waals surface area contributed by atoms with Crippen molar-refractivity contribution in [2.24, 2.45) is 0 Å². The van der Waals surface area contributed by atoms with Crippen LogP contribution in [0.2, 0.25) is 0 Å². The summed E-state index contributed by atoms with van der Waals surface area (Å²) in [5.74, 6) is 0.119. The Kier molecular flexibility index (Phi) is 5.41. The molecule has 2 N–H and O–H groups in total. The fourth-order valence-electron chi connectivity index (χ4n) is 2.80. The Labute approximate surface area is 121 Å². The second kappa shape index (κ2) is 7.29. The highest BCUT2D eigenvalue weighted by Gasteiger charge is 2.20. The van der Waals surface area contributed by atoms with Crippen LogP contribution >= 0.6 is 0 Å². The van der Waals surface area contributed by atoms with E-state index in [9.17, 15) is 4.79 Å². The summed E-state index contributed by atoms with van der Waals surface area (Å²) in [7, 11) is 0. The van der Waals surface area contributed by atoms with Gasteiger partial charge in [-0.05, 0) is 31.0 Å². The fourth-order valence-corrected chi connectivity index (χ4v) is 2.80. The van der Waals surface area contributed by atoms with E-state index >= 15 is 0 Å². The molecule has 1 heterocycles. The maximum atomic E-state index is 11.8. The molecule has 0 radical (unpaired) electrons. The van der Waals surface area contributed by atoms with Crippen molar-refractivity contribution < 1.29 is 4.79 Å². The maximum absolute atomic E-state index is 11.8. The van der Waals surface area contributed by atoms with Gasteiger partial charge in [0, 0.05) is 24.8 Å². The summed E-state index contributed by atoms with van der Waals surface area (Å²) in [6, 6.07) is 8.79. The van der Waals surface area contributed by atoms with E-state index in [1.165, 1.54) is 11.3 Å². The highest BCUT2D eigenvalue weighted by atomic mass is 16.2. The van der Waals surface area contributed by atoms with Crippen LogP contribution in [0.3, 0.4) is 0 Å². The van der Waals surface area contributed by atoms with Crippen molar-refractivity contribution >= 4 is 11.6 Å². The standard InChI is InChI=1S/C16H25N3O/c1-3-14(17-4-2)13-8-5-6-9-15(13)19-11-7-10-18-16(20)12-19/h5-6,8-9,14,17H,3-4,7,10-12H2,1-2H3,(H,18,20). The van der Waals surface area contributed by atoms with Gasteiger partial charge in [0.05, 0.1) is 6.54 Å². The third kappa shape index (κ3) is 3.51. The number of carbonyl (C=O) groups excluding carboxylic acids is 1. The van der Waals surface area contributed by atoms with E-state index in [-0.39, 0.29) is 5.91 Å². The van der Waals surface area contributed by atoms with Gasteiger partial charge >= 0.3 is 0 Å². The molecule has 1 aromatic rings. The molecular formula is C16H25N3O. The predicted octanol–water partition coefficient (Wildman–Crippen LogP) is 2.07. The van der Waals surface area contributed by atoms with Gasteiger partial charge in [-0.1, -0.05) is 32.0 Å². The first-order chi connectivity index (χ1) is 9.76. The molecule has 4 nitrogen and oxygen atoms in total. The summed E-state index contributed by atoms with van der Waals surface area (Å²) in [5.41, 5.74) is 2.49. The molecule has 0 aliphatic carbocycles. The third-order valence-electron chi connectivity index (χ3n) is 3.77. The van der Waals surface area contributed by atoms with E-state index in [4.69, 9.17) is 0 Å². The monoisotopic (exact) mass is 275 g/mol. The number of amides is 1. The average Bonchev–Trinajstić information content (AvgIpc) is 2.69. The van der Waals surface area contributed by atoms with Gasteiger partial charge in [-0.15, -0.1) is 0 Å². The maximum Gasteiger partial charge on any atom is 0.239 e. The van der Waals surface area contributed by atoms with Crippen LogP contribution in [0.4, 0.5) is 5.69 Å². The molecule has 1 unspecified atom stereocenters. The van der Waals surface area contributed by atoms with Gasteiger partial charge in [0.1, 0.15) is 0 Å². The lowest BCUT2D eigenvalue weighted by atomic mass is 10.0. The van der Waals surface area contributed by atoms with E-state index in [0.29, 0.717) is 12.6 Å². The molecular weight excluding hydrogens is 250 g/mol. The van der Waals surface area contributed by atoms with Gasteiger partial charge < -0.3 is 15.5 Å². The summed E-state index contributed by atoms with van der Waals surface area (Å²) in [5, 5.41) is 6.46. The Morgan fingerprint density at radius 3 is 2.90 bits per heavy atom. The topological polar surface area (TPSA) is 44.4 Å². The Bertz CT molecular complexity index is 447. The molecule has 1 fully saturated rings. The van der Waals surface area contributed by atoms with Gasteiger partial charge in [0.25, 0.3) is 0 Å². The lowest BCUT2D eigenvalue weighted by molar-refractivity contribution is -0.119. The molecule has 1 atom stereocenters. The van der Waals surface area contributed by atoms with Crippen molar-refractivity contribution in [1.82, 2.24) is 10.6 Å². The summed E-state index contributed by atoms with van der Waals surface area (Å²) in [4.78, 5) is 14.0. The third-order valence-corrected chi connectivity index (χ3v) is 3.77. The number of nitrogens with zero attached hydrogens (tertiary/aromatic N) is 1. The number of anilines is 1. The normalized spacial score (nSPS) is 17.5. The Morgan fingerprint density at radius 1 is 1.35 bits per heavy atom. The van der Waals surface area contributed by atoms with Crippen molar-refractivity contribution in [3.63, 3.8) is 0 Å². The largest absolute Gasteiger partial charge is 0.362 e. The van der Waals surface area contributed by atoms with Crippen molar-refractivity contribution in [2.45, 2.75) is 32.7 Å². The molecule has 1 saturated heterocycles. The predicted molar refractivity (Wildman–Crippen MR) is 83.0 cm³/mol. The van der Waals surface area contributed by atoms with Gasteiger partial charge in [0.15, 0.2) is 0 Å². The van der Waals surface area contributed by atoms with Crippen molar-refractivity contribution in [1.29, 1.82) is 0 Å². The SMILES string of the molecule is CCNC(CC)c1ccccc1N1CCCNC(=O)C1. The van der Waals surface area contributed by atoms with Crippen LogP contribution in [0.15, 0.2) is 24.3 Å². The van der Waals surface area contributed by atoms with E-state index in [1.807, 2.05) is 0 Å². The van der Waals surface area contributed by atoms with Crippen LogP contribution in [0.25, 0.3) is 0 Å². The zero-order valence-electron chi connectivity index (χ0n) is 12.5. The van der Waals surface area contributed by atoms with E-state index in [2.05, 4.69) is 53.6 Å². The molecule has 2 rings (SSSR count). The van der Waals surface area contributed by atoms with Crippen LogP contribution in [0.5, 0.6) is 0 Å². The highest BCUT2D eigenvalue weighted by Crippen LogP contribution is 2.28. The fraction of sp³-hybridized carbons (Fsp3) is 0.562. The molecule has 0 bridgehead atoms. The highest BCUT2D eigenvalue weighted by molar-refractivity contribution is 5.82. The van der Waals surface area contributed by atoms with Crippen molar-refractivity contribution in [3.8, 4) is 0 Å². The molecule has 1 aromatic carbocycles. The van der Waals surface area contributed by atoms with E-state index < -0.39 is 0 Å². The first-order valence-electron chi connectivity index (χ1n) is 7.60. The number of para-hydroxylation sites is 1. The van der Waals surface area contributed by atoms with Crippen molar-refractivity contribution in [2.75, 3.05) is 31.1 Å². The lowest BCUT2D eigenvalue weighted by Gasteiger charge is -2.28. The molecule has 1 aliphatic heterocycles. The number of carbonyl (C=O) groups is 1. The number of rotatable bonds is 5. The van der Waals surface area contributed by atoms with Gasteiger partial charge in [-0.25, -0.2) is 0 Å². The first-order valence-corrected chi connectivity index (χ1v) is 7.60. The Balaban J connectivity index is 2.28. The summed E-state index contributed by atoms with van der Waals surface area (Å²) < 4.78 is 0. The second-order valence-electron chi connectivity index (χ2n) is 5.20. The number of hydrogen-bond donors (Lipinski definition) is 2. The van der Waals surface area contributed by atoms with Crippen LogP contribution < -0.4 is 15.5 Å². The lowest BCUT2D eigenvalue weighted by Crippen LogP contribution is -2.34. The first kappa shape index (κ1) is 14.9. The van der Waals surface area contributed by atoms with Crippen LogP contribution in [-0.2, 0) is 4.79 Å². The Hall–Kier alpha value is -1.55. The molecule has 20 heavy (non-hydrogen) atoms. The molecule has 0 aromatic heterocycles. The van der Waals surface area contributed by atoms with Gasteiger partial charge in [-0.2, -0.15) is 0 Å². The molecule has 4 heteroatoms. The van der Waals surface area contributed by atoms with Crippen LogP contribution in [0.1, 0.15) is 38.3 Å². The van der Waals surface area contributed by atoms with E-state index in [1.54, 1.807) is 0 Å². The molecule has 0 saturated carbocycles. The molecule has 1 amide bonds. The Morgan fingerprint density at radius 2 is 2.15 bits per heavy atom. The quantitative estimate of drug-likeness (QED) is 0.864. The van der Waals surface area contributed by atoms with Gasteiger partial charge in [-0.3, -0.25) is 4.79 Å². The molecule has 1 aliphatic rings. The summed E-state index contributed by atoms with van der Waals surface area (Å²) in [6.45, 7) is 7.44. The minimum atomic E-state index is 0.119. The minimum absolute atomic E-state index is 0.119. The number of hydrogen-bond acceptors (Lipinski definition) is 3. The minimum Gasteiger partial charge on any atom is -0.362 e. The van der Waals surface area contributed by atoms with Crippen LogP contribution in [-0.4, -0.2) is 32.1 Å². The summed E-state index contributed by atoms with van der Waals surface area (Å²) >= 11 is 0. The number of nitrogens with one attached hydrogen (secondary N) is 2. The van der Waals surface area contributed by atoms with Crippen molar-refractivity contribution in [3.05, 3.63) is 29.8 Å². The average molecular weight is 275 g/mol. The van der Waals surface area contributed by atoms with E-state index in [0.717, 1.165) is 32.5 Å². The molecule has 0 spiro atoms. The zero-order chi connectivity index (χ0) is 14.4. The second-order valence-corrected chi connectivity index (χ2v) is 5.20. The number of benzene rings is 1.